The Morgan fingerprint density at radius 3 is 2.73 bits per heavy atom. The molecule has 144 valence electrons. The molecule has 3 aliphatic carbocycles. The maximum Gasteiger partial charge on any atom is 0.319 e. The summed E-state index contributed by atoms with van der Waals surface area (Å²) in [5.41, 5.74) is -1.09. The number of rotatable bonds is 1. The number of esters is 1. The minimum absolute atomic E-state index is 0.00998. The summed E-state index contributed by atoms with van der Waals surface area (Å²) in [6.45, 7) is 5.38. The van der Waals surface area contributed by atoms with Crippen LogP contribution >= 0.6 is 0 Å². The molecule has 5 rings (SSSR count). The highest BCUT2D eigenvalue weighted by Crippen LogP contribution is 2.69. The molecule has 0 unspecified atom stereocenters. The molecular weight excluding hydrogens is 332 g/mol. The first-order valence-corrected chi connectivity index (χ1v) is 10.3. The van der Waals surface area contributed by atoms with Crippen LogP contribution in [0.3, 0.4) is 0 Å². The van der Waals surface area contributed by atoms with Gasteiger partial charge in [0.05, 0.1) is 13.2 Å². The number of ketones is 1. The van der Waals surface area contributed by atoms with Crippen LogP contribution < -0.4 is 0 Å². The lowest BCUT2D eigenvalue weighted by molar-refractivity contribution is -0.214. The van der Waals surface area contributed by atoms with Gasteiger partial charge in [-0.05, 0) is 43.9 Å². The van der Waals surface area contributed by atoms with Gasteiger partial charge in [-0.15, -0.1) is 0 Å². The van der Waals surface area contributed by atoms with Crippen molar-refractivity contribution in [3.8, 4) is 0 Å². The van der Waals surface area contributed by atoms with Crippen molar-refractivity contribution in [1.82, 2.24) is 0 Å². The Labute approximate surface area is 155 Å². The number of hydrogen-bond donors (Lipinski definition) is 0. The van der Waals surface area contributed by atoms with E-state index in [2.05, 4.69) is 6.92 Å². The Kier molecular flexibility index (Phi) is 3.51. The van der Waals surface area contributed by atoms with Gasteiger partial charge in [0.2, 0.25) is 0 Å². The molecule has 0 aromatic rings. The summed E-state index contributed by atoms with van der Waals surface area (Å²) in [6.07, 6.45) is 5.71. The van der Waals surface area contributed by atoms with E-state index < -0.39 is 5.41 Å². The van der Waals surface area contributed by atoms with Crippen LogP contribution in [-0.2, 0) is 23.8 Å². The minimum Gasteiger partial charge on any atom is -0.464 e. The fourth-order valence-electron chi connectivity index (χ4n) is 7.88. The highest BCUT2D eigenvalue weighted by Gasteiger charge is 2.73. The summed E-state index contributed by atoms with van der Waals surface area (Å²) in [5.74, 6) is 0.648. The second-order valence-electron chi connectivity index (χ2n) is 9.84. The van der Waals surface area contributed by atoms with Crippen molar-refractivity contribution in [3.63, 3.8) is 0 Å². The van der Waals surface area contributed by atoms with Crippen LogP contribution in [0.5, 0.6) is 0 Å². The van der Waals surface area contributed by atoms with Gasteiger partial charge in [-0.2, -0.15) is 0 Å². The molecule has 8 atom stereocenters. The first-order chi connectivity index (χ1) is 12.4. The highest BCUT2D eigenvalue weighted by atomic mass is 16.7. The maximum absolute atomic E-state index is 13.3. The molecule has 5 fully saturated rings. The Bertz CT molecular complexity index is 661. The second kappa shape index (κ2) is 5.32. The molecule has 2 bridgehead atoms. The third-order valence-corrected chi connectivity index (χ3v) is 9.11. The predicted molar refractivity (Wildman–Crippen MR) is 93.0 cm³/mol. The van der Waals surface area contributed by atoms with Gasteiger partial charge in [0.1, 0.15) is 5.41 Å². The Morgan fingerprint density at radius 2 is 1.96 bits per heavy atom. The Morgan fingerprint density at radius 1 is 1.15 bits per heavy atom. The van der Waals surface area contributed by atoms with E-state index in [4.69, 9.17) is 14.2 Å². The fraction of sp³-hybridized carbons (Fsp3) is 0.905. The lowest BCUT2D eigenvalue weighted by Gasteiger charge is -2.60. The normalized spacial score (nSPS) is 55.6. The molecule has 0 aromatic carbocycles. The number of cyclic esters (lactones) is 1. The van der Waals surface area contributed by atoms with E-state index in [9.17, 15) is 9.59 Å². The molecule has 0 aromatic heterocycles. The predicted octanol–water partition coefficient (Wildman–Crippen LogP) is 2.96. The van der Waals surface area contributed by atoms with Gasteiger partial charge < -0.3 is 14.2 Å². The molecule has 0 radical (unpaired) electrons. The third kappa shape index (κ3) is 1.75. The van der Waals surface area contributed by atoms with Crippen molar-refractivity contribution in [2.75, 3.05) is 20.3 Å². The molecule has 2 spiro atoms. The Hall–Kier alpha value is -0.940. The zero-order valence-electron chi connectivity index (χ0n) is 16.1. The maximum atomic E-state index is 13.3. The van der Waals surface area contributed by atoms with E-state index in [1.54, 1.807) is 7.11 Å². The van der Waals surface area contributed by atoms with Gasteiger partial charge >= 0.3 is 5.97 Å². The first kappa shape index (κ1) is 17.2. The average molecular weight is 362 g/mol. The van der Waals surface area contributed by atoms with Crippen molar-refractivity contribution < 1.29 is 23.8 Å². The van der Waals surface area contributed by atoms with Gasteiger partial charge in [0.15, 0.2) is 12.1 Å². The van der Waals surface area contributed by atoms with Gasteiger partial charge in [0.25, 0.3) is 0 Å². The number of carbonyl (C=O) groups is 2. The van der Waals surface area contributed by atoms with Gasteiger partial charge in [-0.1, -0.05) is 20.3 Å². The van der Waals surface area contributed by atoms with E-state index in [-0.39, 0.29) is 46.6 Å². The Balaban J connectivity index is 1.62. The van der Waals surface area contributed by atoms with Gasteiger partial charge in [-0.25, -0.2) is 0 Å². The minimum atomic E-state index is -0.885. The smallest absolute Gasteiger partial charge is 0.319 e. The van der Waals surface area contributed by atoms with E-state index in [1.807, 2.05) is 6.92 Å². The highest BCUT2D eigenvalue weighted by molar-refractivity contribution is 6.07. The third-order valence-electron chi connectivity index (χ3n) is 9.11. The summed E-state index contributed by atoms with van der Waals surface area (Å²) in [7, 11) is 1.72. The molecule has 5 aliphatic rings. The number of ether oxygens (including phenoxy) is 3. The van der Waals surface area contributed by atoms with E-state index in [0.29, 0.717) is 25.6 Å². The van der Waals surface area contributed by atoms with E-state index in [1.165, 1.54) is 0 Å². The van der Waals surface area contributed by atoms with Crippen molar-refractivity contribution in [2.45, 2.75) is 58.7 Å². The monoisotopic (exact) mass is 362 g/mol. The van der Waals surface area contributed by atoms with Crippen LogP contribution in [0.15, 0.2) is 0 Å². The summed E-state index contributed by atoms with van der Waals surface area (Å²) < 4.78 is 17.6. The summed E-state index contributed by atoms with van der Waals surface area (Å²) >= 11 is 0. The van der Waals surface area contributed by atoms with Crippen LogP contribution in [0, 0.1) is 39.9 Å². The van der Waals surface area contributed by atoms with Crippen LogP contribution in [-0.4, -0.2) is 38.4 Å². The standard InChI is InChI=1S/C21H30O5/c1-12-13-5-6-14-20(11-26-17(23)21(14,9-13)16(12)22)8-4-7-19(2)15(20)10-25-18(19)24-3/h12-15,18H,4-11H2,1-3H3/t12-,13-,14+,15-,18+,19-,20-,21+/m1/s1. The second-order valence-corrected chi connectivity index (χ2v) is 9.84. The number of hydrogen-bond acceptors (Lipinski definition) is 5. The average Bonchev–Trinajstić information content (AvgIpc) is 3.08. The number of Topliss-reactive ketones (excluding diaryl/α,β-unsaturated/α-hetero) is 1. The van der Waals surface area contributed by atoms with Crippen molar-refractivity contribution >= 4 is 11.8 Å². The molecule has 0 amide bonds. The number of carbonyl (C=O) groups excluding carboxylic acids is 2. The van der Waals surface area contributed by atoms with Crippen LogP contribution in [0.25, 0.3) is 0 Å². The molecule has 2 heterocycles. The summed E-state index contributed by atoms with van der Waals surface area (Å²) in [6, 6.07) is 0. The molecule has 3 saturated carbocycles. The van der Waals surface area contributed by atoms with Crippen molar-refractivity contribution in [1.29, 1.82) is 0 Å². The topological polar surface area (TPSA) is 61.8 Å². The number of methoxy groups -OCH3 is 1. The lowest BCUT2D eigenvalue weighted by atomic mass is 9.45. The SMILES string of the molecule is CO[C@H]1OC[C@@H]2[C@@]1(C)CCC[C@]21COC(=O)[C@@]23C[C@@H](CC[C@H]21)[C@@H](C)C3=O. The molecule has 5 heteroatoms. The molecule has 2 saturated heterocycles. The van der Waals surface area contributed by atoms with E-state index in [0.717, 1.165) is 32.1 Å². The van der Waals surface area contributed by atoms with Gasteiger partial charge in [-0.3, -0.25) is 9.59 Å². The molecule has 5 nitrogen and oxygen atoms in total. The zero-order chi connectivity index (χ0) is 18.3. The van der Waals surface area contributed by atoms with Crippen LogP contribution in [0.4, 0.5) is 0 Å². The van der Waals surface area contributed by atoms with Crippen molar-refractivity contribution in [2.24, 2.45) is 39.9 Å². The van der Waals surface area contributed by atoms with E-state index >= 15 is 0 Å². The van der Waals surface area contributed by atoms with Crippen LogP contribution in [0.2, 0.25) is 0 Å². The fourth-order valence-corrected chi connectivity index (χ4v) is 7.88. The summed E-state index contributed by atoms with van der Waals surface area (Å²) in [4.78, 5) is 26.3. The first-order valence-electron chi connectivity index (χ1n) is 10.3. The zero-order valence-corrected chi connectivity index (χ0v) is 16.1. The largest absolute Gasteiger partial charge is 0.464 e. The quantitative estimate of drug-likeness (QED) is 0.530. The lowest BCUT2D eigenvalue weighted by Crippen LogP contribution is -2.64. The molecule has 0 N–H and O–H groups in total. The number of fused-ring (bicyclic) bond motifs is 4. The molecule has 26 heavy (non-hydrogen) atoms. The van der Waals surface area contributed by atoms with Gasteiger partial charge in [0, 0.05) is 29.8 Å². The van der Waals surface area contributed by atoms with Crippen LogP contribution in [0.1, 0.15) is 52.4 Å². The molecular formula is C21H30O5. The van der Waals surface area contributed by atoms with Crippen molar-refractivity contribution in [3.05, 3.63) is 0 Å². The molecule has 2 aliphatic heterocycles. The summed E-state index contributed by atoms with van der Waals surface area (Å²) in [5, 5.41) is 0.